The lowest BCUT2D eigenvalue weighted by Crippen LogP contribution is -2.21. The number of carbonyl (C=O) groups excluding carboxylic acids is 2. The van der Waals surface area contributed by atoms with Crippen LogP contribution in [0.15, 0.2) is 51.9 Å². The summed E-state index contributed by atoms with van der Waals surface area (Å²) in [7, 11) is 10.0. The molecule has 0 atom stereocenters. The Labute approximate surface area is 255 Å². The summed E-state index contributed by atoms with van der Waals surface area (Å²) in [6, 6.07) is 5.20. The van der Waals surface area contributed by atoms with Gasteiger partial charge in [-0.2, -0.15) is 5.10 Å². The number of ether oxygens (including phenoxy) is 3. The van der Waals surface area contributed by atoms with Crippen molar-refractivity contribution in [3.63, 3.8) is 0 Å². The molecule has 0 aromatic carbocycles. The molecule has 4 aromatic heterocycles. The van der Waals surface area contributed by atoms with Gasteiger partial charge in [0, 0.05) is 57.6 Å². The lowest BCUT2D eigenvalue weighted by atomic mass is 10.2. The normalized spacial score (nSPS) is 10.5. The fourth-order valence-electron chi connectivity index (χ4n) is 3.46. The summed E-state index contributed by atoms with van der Waals surface area (Å²) in [5, 5.41) is 21.3. The molecule has 0 bridgehead atoms. The van der Waals surface area contributed by atoms with Gasteiger partial charge in [-0.1, -0.05) is 0 Å². The zero-order chi connectivity index (χ0) is 30.7. The molecule has 0 fully saturated rings. The molecule has 0 unspecified atom stereocenters. The molecule has 14 heteroatoms. The number of aromatic hydroxyl groups is 1. The highest BCUT2D eigenvalue weighted by molar-refractivity contribution is 9.11. The van der Waals surface area contributed by atoms with Gasteiger partial charge in [-0.25, -0.2) is 4.52 Å². The van der Waals surface area contributed by atoms with Gasteiger partial charge >= 0.3 is 0 Å². The fraction of sp³-hybridized carbons (Fsp3) is 0.370. The molecule has 0 saturated heterocycles. The molecular weight excluding hydrogens is 666 g/mol. The van der Waals surface area contributed by atoms with Crippen LogP contribution in [0.5, 0.6) is 11.5 Å². The first-order chi connectivity index (χ1) is 19.5. The Hall–Kier alpha value is -3.17. The van der Waals surface area contributed by atoms with Crippen molar-refractivity contribution in [2.75, 3.05) is 68.8 Å². The summed E-state index contributed by atoms with van der Waals surface area (Å²) < 4.78 is 19.8. The molecule has 2 N–H and O–H groups in total. The number of amides is 2. The zero-order valence-corrected chi connectivity index (χ0v) is 27.0. The topological polar surface area (TPSA) is 130 Å². The molecule has 0 aliphatic carbocycles. The lowest BCUT2D eigenvalue weighted by Gasteiger charge is -2.11. The van der Waals surface area contributed by atoms with Gasteiger partial charge in [0.25, 0.3) is 11.8 Å². The van der Waals surface area contributed by atoms with Gasteiger partial charge in [-0.3, -0.25) is 9.59 Å². The van der Waals surface area contributed by atoms with Gasteiger partial charge in [0.05, 0.1) is 60.6 Å². The molecule has 0 spiro atoms. The highest BCUT2D eigenvalue weighted by Crippen LogP contribution is 2.28. The molecule has 4 rings (SSSR count). The Bertz CT molecular complexity index is 1450. The van der Waals surface area contributed by atoms with E-state index in [0.717, 1.165) is 15.7 Å². The van der Waals surface area contributed by atoms with E-state index in [4.69, 9.17) is 14.6 Å². The molecule has 4 aromatic rings. The number of pyridine rings is 2. The third-order valence-corrected chi connectivity index (χ3v) is 6.56. The van der Waals surface area contributed by atoms with Crippen LogP contribution < -0.4 is 4.74 Å². The van der Waals surface area contributed by atoms with Crippen LogP contribution in [0.3, 0.4) is 0 Å². The number of aromatic nitrogens is 3. The predicted octanol–water partition coefficient (Wildman–Crippen LogP) is 3.56. The van der Waals surface area contributed by atoms with E-state index in [0.29, 0.717) is 40.9 Å². The van der Waals surface area contributed by atoms with Crippen LogP contribution in [-0.4, -0.2) is 115 Å². The third kappa shape index (κ3) is 9.16. The van der Waals surface area contributed by atoms with Crippen molar-refractivity contribution in [1.29, 1.82) is 0 Å². The van der Waals surface area contributed by atoms with Gasteiger partial charge in [0.1, 0.15) is 18.1 Å². The van der Waals surface area contributed by atoms with E-state index in [-0.39, 0.29) is 24.2 Å². The van der Waals surface area contributed by atoms with Gasteiger partial charge < -0.3 is 38.6 Å². The van der Waals surface area contributed by atoms with Gasteiger partial charge in [0.2, 0.25) is 0 Å². The first kappa shape index (κ1) is 34.0. The number of aliphatic hydroxyl groups excluding tert-OH is 1. The molecule has 0 aliphatic rings. The first-order valence-corrected chi connectivity index (χ1v) is 13.9. The van der Waals surface area contributed by atoms with E-state index >= 15 is 0 Å². The van der Waals surface area contributed by atoms with Crippen LogP contribution in [0, 0.1) is 0 Å². The maximum Gasteiger partial charge on any atom is 0.257 e. The maximum absolute atomic E-state index is 12.1. The number of nitrogens with zero attached hydrogens (tertiary/aromatic N) is 5. The summed E-state index contributed by atoms with van der Waals surface area (Å²) in [6.45, 7) is 1.58. The molecule has 41 heavy (non-hydrogen) atoms. The third-order valence-electron chi connectivity index (χ3n) is 5.35. The first-order valence-electron chi connectivity index (χ1n) is 12.3. The Morgan fingerprint density at radius 3 is 2.07 bits per heavy atom. The number of fused-ring (bicyclic) bond motifs is 2. The zero-order valence-electron chi connectivity index (χ0n) is 23.8. The fourth-order valence-corrected chi connectivity index (χ4v) is 4.73. The summed E-state index contributed by atoms with van der Waals surface area (Å²) in [4.78, 5) is 27.0. The smallest absolute Gasteiger partial charge is 0.257 e. The predicted molar refractivity (Wildman–Crippen MR) is 162 cm³/mol. The molecule has 4 heterocycles. The minimum atomic E-state index is -0.124. The maximum atomic E-state index is 12.1. The van der Waals surface area contributed by atoms with E-state index < -0.39 is 0 Å². The number of aliphatic hydroxyl groups is 1. The molecule has 0 aliphatic heterocycles. The number of hydrogen-bond donors (Lipinski definition) is 2. The van der Waals surface area contributed by atoms with Gasteiger partial charge in [-0.15, -0.1) is 0 Å². The summed E-state index contributed by atoms with van der Waals surface area (Å²) >= 11 is 6.80. The SMILES string of the molecule is CN(C)C(=O)c1cnn2cc(O)cc(Br)c12.COCCO.COCCOc1cc(Br)c2c(C(=O)N(C)C)ccn2c1. The number of rotatable bonds is 8. The van der Waals surface area contributed by atoms with Crippen molar-refractivity contribution in [1.82, 2.24) is 23.8 Å². The summed E-state index contributed by atoms with van der Waals surface area (Å²) in [5.41, 5.74) is 2.64. The molecule has 12 nitrogen and oxygen atoms in total. The van der Waals surface area contributed by atoms with Crippen LogP contribution in [0.2, 0.25) is 0 Å². The van der Waals surface area contributed by atoms with Gasteiger partial charge in [-0.05, 0) is 50.1 Å². The molecule has 0 saturated carbocycles. The van der Waals surface area contributed by atoms with Crippen molar-refractivity contribution < 1.29 is 34.0 Å². The highest BCUT2D eigenvalue weighted by atomic mass is 79.9. The Morgan fingerprint density at radius 2 is 1.51 bits per heavy atom. The Kier molecular flexibility index (Phi) is 13.5. The van der Waals surface area contributed by atoms with Crippen LogP contribution in [-0.2, 0) is 9.47 Å². The van der Waals surface area contributed by atoms with Crippen LogP contribution in [0.25, 0.3) is 11.0 Å². The Balaban J connectivity index is 0.000000251. The van der Waals surface area contributed by atoms with Crippen molar-refractivity contribution in [2.24, 2.45) is 0 Å². The monoisotopic (exact) mass is 699 g/mol. The van der Waals surface area contributed by atoms with Gasteiger partial charge in [0.15, 0.2) is 0 Å². The molecule has 224 valence electrons. The number of carbonyl (C=O) groups is 2. The van der Waals surface area contributed by atoms with E-state index in [9.17, 15) is 14.7 Å². The standard InChI is InChI=1S/C14H17BrN2O3.C10H10BrN3O2.C3H8O2/c1-16(2)14(18)11-4-5-17-9-10(20-7-6-19-3)8-12(15)13(11)17;1-13(2)10(16)7-4-12-14-5-6(15)3-8(11)9(7)14;1-5-3-2-4/h4-5,8-9H,6-7H2,1-3H3;3-5,15H,1-2H3;4H,2-3H2,1H3. The number of methoxy groups -OCH3 is 2. The van der Waals surface area contributed by atoms with E-state index in [1.54, 1.807) is 53.4 Å². The number of halogens is 2. The second-order valence-corrected chi connectivity index (χ2v) is 10.6. The van der Waals surface area contributed by atoms with Crippen LogP contribution >= 0.6 is 31.9 Å². The minimum Gasteiger partial charge on any atom is -0.506 e. The van der Waals surface area contributed by atoms with Crippen molar-refractivity contribution in [3.05, 3.63) is 63.1 Å². The van der Waals surface area contributed by atoms with Crippen molar-refractivity contribution >= 4 is 54.7 Å². The largest absolute Gasteiger partial charge is 0.506 e. The molecule has 0 radical (unpaired) electrons. The quantitative estimate of drug-likeness (QED) is 0.267. The average Bonchev–Trinajstić information content (AvgIpc) is 3.54. The van der Waals surface area contributed by atoms with E-state index in [1.807, 2.05) is 22.9 Å². The van der Waals surface area contributed by atoms with E-state index in [1.165, 1.54) is 27.9 Å². The van der Waals surface area contributed by atoms with E-state index in [2.05, 4.69) is 41.7 Å². The van der Waals surface area contributed by atoms with Crippen LogP contribution in [0.1, 0.15) is 20.7 Å². The second kappa shape index (κ2) is 16.3. The van der Waals surface area contributed by atoms with Crippen molar-refractivity contribution in [3.8, 4) is 11.5 Å². The average molecular weight is 701 g/mol. The Morgan fingerprint density at radius 1 is 0.902 bits per heavy atom. The molecule has 2 amide bonds. The summed E-state index contributed by atoms with van der Waals surface area (Å²) in [6.07, 6.45) is 6.64. The lowest BCUT2D eigenvalue weighted by molar-refractivity contribution is 0.0822. The summed E-state index contributed by atoms with van der Waals surface area (Å²) in [5.74, 6) is 0.662. The number of hydrogen-bond acceptors (Lipinski definition) is 8. The molecular formula is C27H35Br2N5O7. The van der Waals surface area contributed by atoms with Crippen molar-refractivity contribution in [2.45, 2.75) is 0 Å². The van der Waals surface area contributed by atoms with Crippen LogP contribution in [0.4, 0.5) is 0 Å². The highest BCUT2D eigenvalue weighted by Gasteiger charge is 2.18. The minimum absolute atomic E-state index is 0.0266. The second-order valence-electron chi connectivity index (χ2n) is 8.86.